The number of methoxy groups -OCH3 is 2. The number of aromatic nitrogens is 2. The maximum atomic E-state index is 13.0. The van der Waals surface area contributed by atoms with Gasteiger partial charge in [0.2, 0.25) is 10.0 Å². The van der Waals surface area contributed by atoms with Crippen LogP contribution in [0.15, 0.2) is 62.7 Å². The van der Waals surface area contributed by atoms with Gasteiger partial charge in [-0.3, -0.25) is 10.1 Å². The number of rotatable bonds is 12. The molecule has 0 fully saturated rings. The zero-order chi connectivity index (χ0) is 26.3. The van der Waals surface area contributed by atoms with Gasteiger partial charge >= 0.3 is 6.01 Å². The van der Waals surface area contributed by atoms with E-state index in [9.17, 15) is 21.6 Å². The second-order valence-corrected chi connectivity index (χ2v) is 11.5. The largest absolute Gasteiger partial charge is 0.403 e. The van der Waals surface area contributed by atoms with Crippen molar-refractivity contribution in [2.24, 2.45) is 0 Å². The summed E-state index contributed by atoms with van der Waals surface area (Å²) >= 11 is 0. The van der Waals surface area contributed by atoms with Crippen molar-refractivity contribution in [3.05, 3.63) is 54.1 Å². The fraction of sp³-hybridized carbons (Fsp3) is 0.318. The third kappa shape index (κ3) is 6.53. The highest BCUT2D eigenvalue weighted by Crippen LogP contribution is 2.27. The lowest BCUT2D eigenvalue weighted by atomic mass is 10.2. The van der Waals surface area contributed by atoms with Gasteiger partial charge in [0.15, 0.2) is 9.84 Å². The first-order chi connectivity index (χ1) is 17.1. The van der Waals surface area contributed by atoms with Crippen LogP contribution < -0.4 is 5.32 Å². The molecular weight excluding hydrogens is 512 g/mol. The van der Waals surface area contributed by atoms with Crippen molar-refractivity contribution in [2.45, 2.75) is 9.79 Å². The van der Waals surface area contributed by atoms with E-state index < -0.39 is 25.8 Å². The Kier molecular flexibility index (Phi) is 8.92. The number of hydrogen-bond acceptors (Lipinski definition) is 10. The van der Waals surface area contributed by atoms with Crippen molar-refractivity contribution >= 4 is 31.8 Å². The molecule has 2 aromatic carbocycles. The summed E-state index contributed by atoms with van der Waals surface area (Å²) in [6.45, 7) is 0.716. The van der Waals surface area contributed by atoms with Crippen molar-refractivity contribution in [3.8, 4) is 11.5 Å². The molecule has 0 saturated heterocycles. The van der Waals surface area contributed by atoms with Crippen molar-refractivity contribution in [1.82, 2.24) is 14.5 Å². The van der Waals surface area contributed by atoms with Crippen LogP contribution in [-0.2, 0) is 29.3 Å². The summed E-state index contributed by atoms with van der Waals surface area (Å²) in [5, 5.41) is 9.99. The molecule has 0 atom stereocenters. The molecule has 194 valence electrons. The molecule has 0 unspecified atom stereocenters. The number of nitrogens with one attached hydrogen (secondary N) is 1. The number of ether oxygens (including phenoxy) is 2. The van der Waals surface area contributed by atoms with Gasteiger partial charge in [-0.05, 0) is 36.4 Å². The molecular formula is C22H26N4O8S2. The molecule has 1 aromatic heterocycles. The summed E-state index contributed by atoms with van der Waals surface area (Å²) < 4.78 is 66.7. The quantitative estimate of drug-likeness (QED) is 0.359. The third-order valence-corrected chi connectivity index (χ3v) is 8.07. The van der Waals surface area contributed by atoms with E-state index in [1.165, 1.54) is 54.9 Å². The molecule has 0 spiro atoms. The number of amides is 1. The fourth-order valence-corrected chi connectivity index (χ4v) is 5.47. The lowest BCUT2D eigenvalue weighted by molar-refractivity contribution is 0.102. The minimum atomic E-state index is -3.84. The zero-order valence-corrected chi connectivity index (χ0v) is 21.5. The normalized spacial score (nSPS) is 12.1. The van der Waals surface area contributed by atoms with Crippen LogP contribution in [0.1, 0.15) is 10.4 Å². The van der Waals surface area contributed by atoms with Crippen LogP contribution in [0.3, 0.4) is 0 Å². The highest BCUT2D eigenvalue weighted by atomic mass is 32.2. The molecule has 0 radical (unpaired) electrons. The fourth-order valence-electron chi connectivity index (χ4n) is 3.18. The summed E-state index contributed by atoms with van der Waals surface area (Å²) in [6, 6.07) is 11.2. The lowest BCUT2D eigenvalue weighted by Crippen LogP contribution is -2.36. The van der Waals surface area contributed by atoms with Crippen LogP contribution >= 0.6 is 0 Å². The monoisotopic (exact) mass is 538 g/mol. The van der Waals surface area contributed by atoms with Crippen LogP contribution in [0.4, 0.5) is 6.01 Å². The summed E-state index contributed by atoms with van der Waals surface area (Å²) in [5.41, 5.74) is 0.347. The number of benzene rings is 2. The lowest BCUT2D eigenvalue weighted by Gasteiger charge is -2.21. The van der Waals surface area contributed by atoms with Gasteiger partial charge in [-0.1, -0.05) is 17.2 Å². The van der Waals surface area contributed by atoms with Crippen molar-refractivity contribution < 1.29 is 35.5 Å². The Labute approximate surface area is 209 Å². The maximum Gasteiger partial charge on any atom is 0.322 e. The molecule has 3 rings (SSSR count). The number of sulfone groups is 1. The van der Waals surface area contributed by atoms with Crippen LogP contribution in [0, 0.1) is 0 Å². The summed E-state index contributed by atoms with van der Waals surface area (Å²) in [4.78, 5) is 12.6. The Morgan fingerprint density at radius 2 is 1.56 bits per heavy atom. The number of nitrogens with zero attached hydrogens (tertiary/aromatic N) is 3. The Balaban J connectivity index is 1.76. The van der Waals surface area contributed by atoms with Gasteiger partial charge in [-0.15, -0.1) is 5.10 Å². The predicted molar refractivity (Wildman–Crippen MR) is 130 cm³/mol. The van der Waals surface area contributed by atoms with Crippen LogP contribution in [-0.4, -0.2) is 84.0 Å². The van der Waals surface area contributed by atoms with Crippen LogP contribution in [0.25, 0.3) is 11.5 Å². The highest BCUT2D eigenvalue weighted by Gasteiger charge is 2.25. The molecule has 0 bridgehead atoms. The number of anilines is 1. The van der Waals surface area contributed by atoms with E-state index in [2.05, 4.69) is 15.5 Å². The Bertz CT molecular complexity index is 1400. The first kappa shape index (κ1) is 27.4. The smallest absolute Gasteiger partial charge is 0.322 e. The van der Waals surface area contributed by atoms with Crippen LogP contribution in [0.2, 0.25) is 0 Å². The van der Waals surface area contributed by atoms with E-state index in [1.807, 2.05) is 0 Å². The predicted octanol–water partition coefficient (Wildman–Crippen LogP) is 1.68. The van der Waals surface area contributed by atoms with E-state index in [-0.39, 0.29) is 59.1 Å². The zero-order valence-electron chi connectivity index (χ0n) is 19.9. The maximum absolute atomic E-state index is 13.0. The second-order valence-electron chi connectivity index (χ2n) is 7.55. The van der Waals surface area contributed by atoms with Gasteiger partial charge in [-0.2, -0.15) is 4.31 Å². The average molecular weight is 539 g/mol. The minimum Gasteiger partial charge on any atom is -0.403 e. The van der Waals surface area contributed by atoms with E-state index in [0.29, 0.717) is 0 Å². The average Bonchev–Trinajstić information content (AvgIpc) is 3.32. The van der Waals surface area contributed by atoms with Crippen molar-refractivity contribution in [1.29, 1.82) is 0 Å². The summed E-state index contributed by atoms with van der Waals surface area (Å²) in [7, 11) is -4.44. The highest BCUT2D eigenvalue weighted by molar-refractivity contribution is 7.90. The SMILES string of the molecule is COCCN(CCOC)S(=O)(=O)c1ccc(C(=O)Nc2nnc(-c3ccccc3S(C)(=O)=O)o2)cc1. The van der Waals surface area contributed by atoms with E-state index >= 15 is 0 Å². The van der Waals surface area contributed by atoms with Crippen molar-refractivity contribution in [3.63, 3.8) is 0 Å². The number of hydrogen-bond donors (Lipinski definition) is 1. The molecule has 0 aliphatic heterocycles. The minimum absolute atomic E-state index is 0.00344. The van der Waals surface area contributed by atoms with Gasteiger partial charge in [-0.25, -0.2) is 16.8 Å². The van der Waals surface area contributed by atoms with Gasteiger partial charge < -0.3 is 13.9 Å². The molecule has 1 heterocycles. The van der Waals surface area contributed by atoms with Crippen molar-refractivity contribution in [2.75, 3.05) is 52.1 Å². The van der Waals surface area contributed by atoms with E-state index in [1.54, 1.807) is 12.1 Å². The Morgan fingerprint density at radius 1 is 0.944 bits per heavy atom. The third-order valence-electron chi connectivity index (χ3n) is 5.01. The topological polar surface area (TPSA) is 158 Å². The summed E-state index contributed by atoms with van der Waals surface area (Å²) in [5.74, 6) is -0.707. The van der Waals surface area contributed by atoms with Gasteiger partial charge in [0.25, 0.3) is 11.8 Å². The Hall–Kier alpha value is -3.17. The summed E-state index contributed by atoms with van der Waals surface area (Å²) in [6.07, 6.45) is 1.06. The molecule has 3 aromatic rings. The van der Waals surface area contributed by atoms with Gasteiger partial charge in [0.1, 0.15) is 0 Å². The first-order valence-electron chi connectivity index (χ1n) is 10.6. The molecule has 36 heavy (non-hydrogen) atoms. The Morgan fingerprint density at radius 3 is 2.14 bits per heavy atom. The first-order valence-corrected chi connectivity index (χ1v) is 13.9. The standard InChI is InChI=1S/C22H26N4O8S2/c1-32-14-12-26(13-15-33-2)36(30,31)17-10-8-16(9-11-17)20(27)23-22-25-24-21(34-22)18-6-4-5-7-19(18)35(3,28)29/h4-11H,12-15H2,1-3H3,(H,23,25,27). The second kappa shape index (κ2) is 11.7. The van der Waals surface area contributed by atoms with Crippen LogP contribution in [0.5, 0.6) is 0 Å². The molecule has 12 nitrogen and oxygen atoms in total. The number of sulfonamides is 1. The number of carbonyl (C=O) groups is 1. The molecule has 1 N–H and O–H groups in total. The molecule has 0 aliphatic carbocycles. The van der Waals surface area contributed by atoms with E-state index in [4.69, 9.17) is 13.9 Å². The molecule has 0 saturated carbocycles. The molecule has 0 aliphatic rings. The number of carbonyl (C=O) groups excluding carboxylic acids is 1. The van der Waals surface area contributed by atoms with Gasteiger partial charge in [0, 0.05) is 39.1 Å². The van der Waals surface area contributed by atoms with E-state index in [0.717, 1.165) is 6.26 Å². The van der Waals surface area contributed by atoms with Gasteiger partial charge in [0.05, 0.1) is 28.6 Å². The molecule has 14 heteroatoms. The molecule has 1 amide bonds.